The van der Waals surface area contributed by atoms with Gasteiger partial charge in [0.2, 0.25) is 0 Å². The lowest BCUT2D eigenvalue weighted by Crippen LogP contribution is -2.41. The van der Waals surface area contributed by atoms with Crippen LogP contribution in [-0.2, 0) is 4.79 Å². The Kier molecular flexibility index (Phi) is 8.42. The van der Waals surface area contributed by atoms with Crippen molar-refractivity contribution in [3.05, 3.63) is 65.1 Å². The molecule has 0 spiro atoms. The lowest BCUT2D eigenvalue weighted by atomic mass is 9.71. The highest BCUT2D eigenvalue weighted by atomic mass is 35.5. The van der Waals surface area contributed by atoms with Crippen molar-refractivity contribution in [1.29, 1.82) is 0 Å². The van der Waals surface area contributed by atoms with Crippen LogP contribution in [0.5, 0.6) is 5.75 Å². The Balaban J connectivity index is 1.43. The summed E-state index contributed by atoms with van der Waals surface area (Å²) in [4.78, 5) is 22.6. The van der Waals surface area contributed by atoms with Crippen molar-refractivity contribution in [3.8, 4) is 17.6 Å². The van der Waals surface area contributed by atoms with Crippen LogP contribution in [-0.4, -0.2) is 57.8 Å². The van der Waals surface area contributed by atoms with Gasteiger partial charge in [-0.25, -0.2) is 4.98 Å². The minimum atomic E-state index is -0.844. The lowest BCUT2D eigenvalue weighted by molar-refractivity contribution is -0.141. The number of aliphatic hydroxyl groups is 1. The Bertz CT molecular complexity index is 1260. The van der Waals surface area contributed by atoms with Crippen LogP contribution in [0, 0.1) is 17.3 Å². The summed E-state index contributed by atoms with van der Waals surface area (Å²) in [7, 11) is 1.58. The van der Waals surface area contributed by atoms with Crippen molar-refractivity contribution >= 4 is 28.5 Å². The number of hydrogen-bond acceptors (Lipinski definition) is 6. The number of carboxylic acid groups (broad SMARTS) is 1. The number of halogens is 1. The summed E-state index contributed by atoms with van der Waals surface area (Å²) in [6.07, 6.45) is 4.95. The lowest BCUT2D eigenvalue weighted by Gasteiger charge is -2.41. The molecular weight excluding hydrogens is 478 g/mol. The number of piperidine rings is 1. The number of carbonyl (C=O) groups is 1. The molecule has 3 heterocycles. The van der Waals surface area contributed by atoms with E-state index in [1.165, 1.54) is 0 Å². The van der Waals surface area contributed by atoms with Gasteiger partial charge in [0.05, 0.1) is 36.7 Å². The number of aliphatic carboxylic acids is 1. The number of benzene rings is 1. The third-order valence-corrected chi connectivity index (χ3v) is 7.28. The van der Waals surface area contributed by atoms with Crippen LogP contribution in [0.2, 0.25) is 5.02 Å². The van der Waals surface area contributed by atoms with Gasteiger partial charge >= 0.3 is 5.97 Å². The average Bonchev–Trinajstić information content (AvgIpc) is 2.88. The number of nitrogens with zero attached hydrogens (tertiary/aromatic N) is 3. The first-order valence-corrected chi connectivity index (χ1v) is 12.4. The molecule has 0 amide bonds. The molecule has 188 valence electrons. The first kappa shape index (κ1) is 25.9. The summed E-state index contributed by atoms with van der Waals surface area (Å²) < 4.78 is 5.34. The highest BCUT2D eigenvalue weighted by molar-refractivity contribution is 6.32. The third kappa shape index (κ3) is 6.33. The number of hydrogen-bond donors (Lipinski definition) is 2. The minimum Gasteiger partial charge on any atom is -0.497 e. The molecule has 1 atom stereocenters. The Morgan fingerprint density at radius 1 is 1.25 bits per heavy atom. The standard InChI is InChI=1S/C28H30ClN3O4/c1-36-21-7-8-24-22(17-21)27(23(29)19-31-24)25(33)9-10-28(18-26(34)35)11-15-32(16-12-28)14-4-6-20-5-2-3-13-30-20/h2-3,5,7-8,13,17,19,25,33H,9-12,14-16,18H2,1H3,(H,34,35)/t25-/m1/s1. The maximum atomic E-state index is 11.7. The SMILES string of the molecule is COc1ccc2ncc(Cl)c([C@H](O)CCC3(CC(=O)O)CCN(CC#Cc4ccccn4)CC3)c2c1. The molecule has 7 nitrogen and oxygen atoms in total. The summed E-state index contributed by atoms with van der Waals surface area (Å²) >= 11 is 6.46. The maximum Gasteiger partial charge on any atom is 0.303 e. The zero-order chi connectivity index (χ0) is 25.5. The van der Waals surface area contributed by atoms with Gasteiger partial charge in [-0.1, -0.05) is 23.6 Å². The van der Waals surface area contributed by atoms with Crippen LogP contribution >= 0.6 is 11.6 Å². The minimum absolute atomic E-state index is 0.0752. The molecule has 0 saturated carbocycles. The van der Waals surface area contributed by atoms with Crippen LogP contribution in [0.4, 0.5) is 0 Å². The molecule has 0 aliphatic carbocycles. The number of fused-ring (bicyclic) bond motifs is 1. The molecule has 3 aromatic rings. The fraction of sp³-hybridized carbons (Fsp3) is 0.393. The van der Waals surface area contributed by atoms with Gasteiger partial charge in [-0.3, -0.25) is 14.7 Å². The number of methoxy groups -OCH3 is 1. The Morgan fingerprint density at radius 2 is 2.06 bits per heavy atom. The number of likely N-dealkylation sites (tertiary alicyclic amines) is 1. The van der Waals surface area contributed by atoms with E-state index in [1.807, 2.05) is 36.4 Å². The van der Waals surface area contributed by atoms with E-state index < -0.39 is 12.1 Å². The molecule has 2 aromatic heterocycles. The number of pyridine rings is 2. The number of aromatic nitrogens is 2. The van der Waals surface area contributed by atoms with Gasteiger partial charge < -0.3 is 14.9 Å². The Hall–Kier alpha value is -3.18. The van der Waals surface area contributed by atoms with Gasteiger partial charge in [-0.15, -0.1) is 0 Å². The van der Waals surface area contributed by atoms with Crippen molar-refractivity contribution in [2.45, 2.75) is 38.2 Å². The van der Waals surface area contributed by atoms with E-state index in [0.29, 0.717) is 35.7 Å². The number of carboxylic acids is 1. The van der Waals surface area contributed by atoms with E-state index in [1.54, 1.807) is 19.5 Å². The Morgan fingerprint density at radius 3 is 2.75 bits per heavy atom. The second-order valence-electron chi connectivity index (χ2n) is 9.32. The number of rotatable bonds is 8. The summed E-state index contributed by atoms with van der Waals surface area (Å²) in [6.45, 7) is 2.13. The van der Waals surface area contributed by atoms with Gasteiger partial charge in [0.1, 0.15) is 11.4 Å². The maximum absolute atomic E-state index is 11.7. The summed E-state index contributed by atoms with van der Waals surface area (Å²) in [5.74, 6) is 6.08. The molecule has 1 saturated heterocycles. The summed E-state index contributed by atoms with van der Waals surface area (Å²) in [6, 6.07) is 11.1. The van der Waals surface area contributed by atoms with Gasteiger partial charge in [-0.2, -0.15) is 0 Å². The van der Waals surface area contributed by atoms with Crippen LogP contribution in [0.3, 0.4) is 0 Å². The van der Waals surface area contributed by atoms with E-state index in [2.05, 4.69) is 26.7 Å². The van der Waals surface area contributed by atoms with E-state index in [-0.39, 0.29) is 11.8 Å². The smallest absolute Gasteiger partial charge is 0.303 e. The van der Waals surface area contributed by atoms with Crippen molar-refractivity contribution in [2.75, 3.05) is 26.7 Å². The molecule has 1 aliphatic rings. The van der Waals surface area contributed by atoms with E-state index in [4.69, 9.17) is 16.3 Å². The first-order valence-electron chi connectivity index (χ1n) is 12.0. The van der Waals surface area contributed by atoms with Crippen LogP contribution < -0.4 is 4.74 Å². The van der Waals surface area contributed by atoms with Gasteiger partial charge in [0.25, 0.3) is 0 Å². The second-order valence-corrected chi connectivity index (χ2v) is 9.73. The molecular formula is C28H30ClN3O4. The molecule has 2 N–H and O–H groups in total. The van der Waals surface area contributed by atoms with Crippen molar-refractivity contribution in [2.24, 2.45) is 5.41 Å². The Labute approximate surface area is 216 Å². The van der Waals surface area contributed by atoms with Crippen molar-refractivity contribution in [1.82, 2.24) is 14.9 Å². The summed E-state index contributed by atoms with van der Waals surface area (Å²) in [5.41, 5.74) is 1.68. The fourth-order valence-electron chi connectivity index (χ4n) is 4.92. The first-order chi connectivity index (χ1) is 17.4. The molecule has 8 heteroatoms. The second kappa shape index (κ2) is 11.7. The quantitative estimate of drug-likeness (QED) is 0.426. The third-order valence-electron chi connectivity index (χ3n) is 6.98. The fourth-order valence-corrected chi connectivity index (χ4v) is 5.20. The molecule has 1 fully saturated rings. The van der Waals surface area contributed by atoms with Gasteiger partial charge in [-0.05, 0) is 80.4 Å². The van der Waals surface area contributed by atoms with Crippen LogP contribution in [0.15, 0.2) is 48.8 Å². The monoisotopic (exact) mass is 507 g/mol. The largest absolute Gasteiger partial charge is 0.497 e. The van der Waals surface area contributed by atoms with Crippen LogP contribution in [0.1, 0.15) is 49.5 Å². The molecule has 1 aliphatic heterocycles. The zero-order valence-electron chi connectivity index (χ0n) is 20.3. The van der Waals surface area contributed by atoms with Gasteiger partial charge in [0, 0.05) is 23.3 Å². The van der Waals surface area contributed by atoms with Crippen molar-refractivity contribution in [3.63, 3.8) is 0 Å². The summed E-state index contributed by atoms with van der Waals surface area (Å²) in [5, 5.41) is 21.9. The van der Waals surface area contributed by atoms with Gasteiger partial charge in [0.15, 0.2) is 0 Å². The highest BCUT2D eigenvalue weighted by Crippen LogP contribution is 2.43. The number of ether oxygens (including phenoxy) is 1. The molecule has 36 heavy (non-hydrogen) atoms. The molecule has 0 unspecified atom stereocenters. The molecule has 1 aromatic carbocycles. The molecule has 0 bridgehead atoms. The highest BCUT2D eigenvalue weighted by Gasteiger charge is 2.37. The topological polar surface area (TPSA) is 95.8 Å². The average molecular weight is 508 g/mol. The number of aliphatic hydroxyl groups excluding tert-OH is 1. The zero-order valence-corrected chi connectivity index (χ0v) is 21.0. The predicted molar refractivity (Wildman–Crippen MR) is 139 cm³/mol. The normalized spacial score (nSPS) is 16.2. The van der Waals surface area contributed by atoms with E-state index in [9.17, 15) is 15.0 Å². The van der Waals surface area contributed by atoms with Crippen LogP contribution in [0.25, 0.3) is 10.9 Å². The predicted octanol–water partition coefficient (Wildman–Crippen LogP) is 4.71. The van der Waals surface area contributed by atoms with E-state index >= 15 is 0 Å². The van der Waals surface area contributed by atoms with E-state index in [0.717, 1.165) is 42.5 Å². The molecule has 0 radical (unpaired) electrons. The van der Waals surface area contributed by atoms with Crippen molar-refractivity contribution < 1.29 is 19.7 Å². The molecule has 4 rings (SSSR count).